The number of rotatable bonds is 6. The highest BCUT2D eigenvalue weighted by atomic mass is 32.2. The van der Waals surface area contributed by atoms with Gasteiger partial charge < -0.3 is 5.32 Å². The van der Waals surface area contributed by atoms with Crippen molar-refractivity contribution in [2.45, 2.75) is 19.8 Å². The van der Waals surface area contributed by atoms with Gasteiger partial charge in [-0.1, -0.05) is 13.3 Å². The van der Waals surface area contributed by atoms with Crippen LogP contribution in [0.4, 0.5) is 0 Å². The summed E-state index contributed by atoms with van der Waals surface area (Å²) in [5.74, 6) is 2.19. The van der Waals surface area contributed by atoms with Gasteiger partial charge in [0.15, 0.2) is 0 Å². The molecule has 0 heterocycles. The van der Waals surface area contributed by atoms with Crippen LogP contribution in [-0.2, 0) is 0 Å². The fourth-order valence-corrected chi connectivity index (χ4v) is 1.59. The summed E-state index contributed by atoms with van der Waals surface area (Å²) in [5, 5.41) is 3.22. The normalized spacial score (nSPS) is 13.5. The van der Waals surface area contributed by atoms with Crippen molar-refractivity contribution < 1.29 is 0 Å². The summed E-state index contributed by atoms with van der Waals surface area (Å²) in [4.78, 5) is 0. The summed E-state index contributed by atoms with van der Waals surface area (Å²) in [6, 6.07) is 0. The molecule has 0 radical (unpaired) electrons. The molecule has 0 rings (SSSR count). The maximum Gasteiger partial charge on any atom is -0.00233 e. The van der Waals surface area contributed by atoms with E-state index in [1.54, 1.807) is 0 Å². The highest BCUT2D eigenvalue weighted by Gasteiger charge is 2.02. The fraction of sp³-hybridized carbons (Fsp3) is 1.00. The van der Waals surface area contributed by atoms with E-state index in [9.17, 15) is 0 Å². The lowest BCUT2D eigenvalue weighted by molar-refractivity contribution is 0.473. The highest BCUT2D eigenvalue weighted by Crippen LogP contribution is 2.09. The first-order chi connectivity index (χ1) is 4.85. The minimum atomic E-state index is 0.887. The van der Waals surface area contributed by atoms with Gasteiger partial charge in [-0.25, -0.2) is 0 Å². The molecule has 0 amide bonds. The molecule has 0 aliphatic heterocycles. The Morgan fingerprint density at radius 1 is 1.50 bits per heavy atom. The van der Waals surface area contributed by atoms with E-state index < -0.39 is 0 Å². The van der Waals surface area contributed by atoms with Crippen molar-refractivity contribution in [1.29, 1.82) is 0 Å². The molecule has 0 spiro atoms. The molecule has 0 aromatic rings. The maximum atomic E-state index is 3.22. The van der Waals surface area contributed by atoms with E-state index in [-0.39, 0.29) is 0 Å². The molecule has 1 nitrogen and oxygen atoms in total. The van der Waals surface area contributed by atoms with Gasteiger partial charge in [0.25, 0.3) is 0 Å². The first kappa shape index (κ1) is 10.3. The van der Waals surface area contributed by atoms with Crippen molar-refractivity contribution >= 4 is 11.8 Å². The third-order valence-electron chi connectivity index (χ3n) is 1.80. The molecule has 0 saturated carbocycles. The second-order valence-electron chi connectivity index (χ2n) is 2.61. The zero-order valence-electron chi connectivity index (χ0n) is 7.31. The monoisotopic (exact) mass is 161 g/mol. The third kappa shape index (κ3) is 5.12. The predicted octanol–water partition coefficient (Wildman–Crippen LogP) is 1.99. The Bertz CT molecular complexity index is 66.3. The number of hydrogen-bond donors (Lipinski definition) is 1. The van der Waals surface area contributed by atoms with Crippen LogP contribution in [0, 0.1) is 5.92 Å². The molecule has 0 aromatic heterocycles. The van der Waals surface area contributed by atoms with Gasteiger partial charge in [-0.15, -0.1) is 0 Å². The number of thioether (sulfide) groups is 1. The summed E-state index contributed by atoms with van der Waals surface area (Å²) < 4.78 is 0. The molecule has 1 N–H and O–H groups in total. The quantitative estimate of drug-likeness (QED) is 0.639. The smallest absolute Gasteiger partial charge is 0.00233 e. The molecule has 62 valence electrons. The summed E-state index contributed by atoms with van der Waals surface area (Å²) >= 11 is 1.94. The average molecular weight is 161 g/mol. The first-order valence-electron chi connectivity index (χ1n) is 3.98. The van der Waals surface area contributed by atoms with Gasteiger partial charge in [0, 0.05) is 0 Å². The minimum Gasteiger partial charge on any atom is -0.319 e. The highest BCUT2D eigenvalue weighted by molar-refractivity contribution is 7.98. The third-order valence-corrected chi connectivity index (χ3v) is 2.44. The van der Waals surface area contributed by atoms with Gasteiger partial charge in [-0.3, -0.25) is 0 Å². The molecule has 2 heteroatoms. The summed E-state index contributed by atoms with van der Waals surface area (Å²) in [6.45, 7) is 3.44. The lowest BCUT2D eigenvalue weighted by atomic mass is 10.0. The van der Waals surface area contributed by atoms with E-state index in [2.05, 4.69) is 18.5 Å². The molecular weight excluding hydrogens is 142 g/mol. The molecule has 1 atom stereocenters. The lowest BCUT2D eigenvalue weighted by Gasteiger charge is -2.12. The molecular formula is C8H19NS. The van der Waals surface area contributed by atoms with Crippen LogP contribution in [0.1, 0.15) is 19.8 Å². The van der Waals surface area contributed by atoms with Crippen LogP contribution in [-0.4, -0.2) is 25.6 Å². The number of nitrogens with one attached hydrogen (secondary N) is 1. The van der Waals surface area contributed by atoms with E-state index in [1.807, 2.05) is 18.8 Å². The molecule has 0 aliphatic rings. The molecule has 10 heavy (non-hydrogen) atoms. The molecule has 1 unspecified atom stereocenters. The standard InChI is InChI=1S/C8H19NS/c1-4-8(7-9-2)5-6-10-3/h8-9H,4-7H2,1-3H3. The van der Waals surface area contributed by atoms with Crippen molar-refractivity contribution in [3.05, 3.63) is 0 Å². The Labute approximate surface area is 69.0 Å². The van der Waals surface area contributed by atoms with Crippen molar-refractivity contribution in [2.24, 2.45) is 5.92 Å². The van der Waals surface area contributed by atoms with E-state index >= 15 is 0 Å². The first-order valence-corrected chi connectivity index (χ1v) is 5.38. The molecule has 0 bridgehead atoms. The van der Waals surface area contributed by atoms with E-state index in [0.29, 0.717) is 0 Å². The van der Waals surface area contributed by atoms with Gasteiger partial charge in [0.1, 0.15) is 0 Å². The zero-order valence-corrected chi connectivity index (χ0v) is 8.13. The van der Waals surface area contributed by atoms with Crippen LogP contribution in [0.25, 0.3) is 0 Å². The van der Waals surface area contributed by atoms with Gasteiger partial charge in [-0.2, -0.15) is 11.8 Å². The van der Waals surface area contributed by atoms with Crippen molar-refractivity contribution in [3.63, 3.8) is 0 Å². The zero-order chi connectivity index (χ0) is 7.82. The van der Waals surface area contributed by atoms with Crippen molar-refractivity contribution in [3.8, 4) is 0 Å². The van der Waals surface area contributed by atoms with Crippen LogP contribution in [0.2, 0.25) is 0 Å². The van der Waals surface area contributed by atoms with Gasteiger partial charge >= 0.3 is 0 Å². The Hall–Kier alpha value is 0.310. The van der Waals surface area contributed by atoms with E-state index in [4.69, 9.17) is 0 Å². The van der Waals surface area contributed by atoms with Crippen LogP contribution >= 0.6 is 11.8 Å². The maximum absolute atomic E-state index is 3.22. The second-order valence-corrected chi connectivity index (χ2v) is 3.60. The van der Waals surface area contributed by atoms with Crippen LogP contribution in [0.15, 0.2) is 0 Å². The SMILES string of the molecule is CCC(CCSC)CNC. The molecule has 0 fully saturated rings. The van der Waals surface area contributed by atoms with Gasteiger partial charge in [0.2, 0.25) is 0 Å². The predicted molar refractivity (Wildman–Crippen MR) is 50.7 cm³/mol. The Balaban J connectivity index is 3.21. The van der Waals surface area contributed by atoms with E-state index in [0.717, 1.165) is 5.92 Å². The van der Waals surface area contributed by atoms with Crippen molar-refractivity contribution in [2.75, 3.05) is 25.6 Å². The largest absolute Gasteiger partial charge is 0.319 e. The Kier molecular flexibility index (Phi) is 7.65. The molecule has 0 aliphatic carbocycles. The minimum absolute atomic E-state index is 0.887. The van der Waals surface area contributed by atoms with Gasteiger partial charge in [-0.05, 0) is 37.9 Å². The number of hydrogen-bond acceptors (Lipinski definition) is 2. The van der Waals surface area contributed by atoms with Crippen LogP contribution < -0.4 is 5.32 Å². The second kappa shape index (κ2) is 7.42. The molecule has 0 saturated heterocycles. The van der Waals surface area contributed by atoms with Gasteiger partial charge in [0.05, 0.1) is 0 Å². The lowest BCUT2D eigenvalue weighted by Crippen LogP contribution is -2.18. The topological polar surface area (TPSA) is 12.0 Å². The Morgan fingerprint density at radius 3 is 2.60 bits per heavy atom. The van der Waals surface area contributed by atoms with E-state index in [1.165, 1.54) is 25.1 Å². The van der Waals surface area contributed by atoms with Crippen molar-refractivity contribution in [1.82, 2.24) is 5.32 Å². The Morgan fingerprint density at radius 2 is 2.20 bits per heavy atom. The van der Waals surface area contributed by atoms with Crippen LogP contribution in [0.3, 0.4) is 0 Å². The fourth-order valence-electron chi connectivity index (χ4n) is 1.02. The van der Waals surface area contributed by atoms with Crippen LogP contribution in [0.5, 0.6) is 0 Å². The summed E-state index contributed by atoms with van der Waals surface area (Å²) in [7, 11) is 2.03. The summed E-state index contributed by atoms with van der Waals surface area (Å²) in [6.07, 6.45) is 4.84. The molecule has 0 aromatic carbocycles. The summed E-state index contributed by atoms with van der Waals surface area (Å²) in [5.41, 5.74) is 0. The average Bonchev–Trinajstić information content (AvgIpc) is 1.98.